The van der Waals surface area contributed by atoms with Crippen LogP contribution in [0.1, 0.15) is 43.5 Å². The first kappa shape index (κ1) is 13.9. The zero-order valence-electron chi connectivity index (χ0n) is 12.8. The number of rotatable bonds is 4. The zero-order chi connectivity index (χ0) is 15.0. The van der Waals surface area contributed by atoms with Crippen molar-refractivity contribution in [3.8, 4) is 11.5 Å². The van der Waals surface area contributed by atoms with Crippen molar-refractivity contribution in [2.75, 3.05) is 13.1 Å². The number of hydrogen-bond donors (Lipinski definition) is 1. The Bertz CT molecular complexity index is 639. The van der Waals surface area contributed by atoms with Crippen LogP contribution in [0.25, 0.3) is 11.5 Å². The van der Waals surface area contributed by atoms with Gasteiger partial charge >= 0.3 is 0 Å². The molecule has 1 aliphatic heterocycles. The molecule has 1 aromatic heterocycles. The van der Waals surface area contributed by atoms with Crippen LogP contribution < -0.4 is 5.73 Å². The Labute approximate surface area is 130 Å². The highest BCUT2D eigenvalue weighted by Crippen LogP contribution is 2.37. The maximum Gasteiger partial charge on any atom is 0.257 e. The van der Waals surface area contributed by atoms with Crippen LogP contribution >= 0.6 is 0 Å². The topological polar surface area (TPSA) is 68.2 Å². The molecule has 5 nitrogen and oxygen atoms in total. The monoisotopic (exact) mass is 298 g/mol. The molecule has 22 heavy (non-hydrogen) atoms. The summed E-state index contributed by atoms with van der Waals surface area (Å²) in [5.74, 6) is 1.22. The molecule has 5 heteroatoms. The molecule has 0 spiro atoms. The highest BCUT2D eigenvalue weighted by Gasteiger charge is 2.39. The van der Waals surface area contributed by atoms with Gasteiger partial charge in [-0.3, -0.25) is 4.90 Å². The van der Waals surface area contributed by atoms with Crippen molar-refractivity contribution in [2.24, 2.45) is 5.73 Å². The summed E-state index contributed by atoms with van der Waals surface area (Å²) in [7, 11) is 0. The predicted octanol–water partition coefficient (Wildman–Crippen LogP) is 2.67. The standard InChI is InChI=1S/C17H22N4O/c18-17(8-3-9-17)16-19-15(22-20-16)14-6-4-13(5-7-14)12-21-10-1-2-11-21/h4-7H,1-3,8-12,18H2. The van der Waals surface area contributed by atoms with E-state index in [0.29, 0.717) is 11.7 Å². The fourth-order valence-corrected chi connectivity index (χ4v) is 3.28. The maximum absolute atomic E-state index is 6.24. The Balaban J connectivity index is 1.48. The van der Waals surface area contributed by atoms with Gasteiger partial charge in [0, 0.05) is 12.1 Å². The van der Waals surface area contributed by atoms with E-state index in [1.807, 2.05) is 0 Å². The lowest BCUT2D eigenvalue weighted by Gasteiger charge is -2.34. The van der Waals surface area contributed by atoms with Gasteiger partial charge in [-0.05, 0) is 62.9 Å². The van der Waals surface area contributed by atoms with Crippen molar-refractivity contribution in [3.05, 3.63) is 35.7 Å². The largest absolute Gasteiger partial charge is 0.334 e. The minimum absolute atomic E-state index is 0.364. The minimum Gasteiger partial charge on any atom is -0.334 e. The molecule has 1 saturated heterocycles. The van der Waals surface area contributed by atoms with E-state index in [4.69, 9.17) is 10.3 Å². The number of nitrogens with zero attached hydrogens (tertiary/aromatic N) is 3. The second-order valence-corrected chi connectivity index (χ2v) is 6.61. The number of aromatic nitrogens is 2. The van der Waals surface area contributed by atoms with Gasteiger partial charge < -0.3 is 10.3 Å². The van der Waals surface area contributed by atoms with Crippen molar-refractivity contribution in [1.82, 2.24) is 15.0 Å². The SMILES string of the molecule is NC1(c2noc(-c3ccc(CN4CCCC4)cc3)n2)CCC1. The second-order valence-electron chi connectivity index (χ2n) is 6.61. The van der Waals surface area contributed by atoms with Crippen LogP contribution in [0, 0.1) is 0 Å². The van der Waals surface area contributed by atoms with Crippen LogP contribution in [0.15, 0.2) is 28.8 Å². The molecule has 0 radical (unpaired) electrons. The first-order valence-electron chi connectivity index (χ1n) is 8.18. The highest BCUT2D eigenvalue weighted by molar-refractivity contribution is 5.53. The number of hydrogen-bond acceptors (Lipinski definition) is 5. The predicted molar refractivity (Wildman–Crippen MR) is 84.0 cm³/mol. The third-order valence-electron chi connectivity index (χ3n) is 4.92. The summed E-state index contributed by atoms with van der Waals surface area (Å²) in [6.07, 6.45) is 5.68. The quantitative estimate of drug-likeness (QED) is 0.940. The molecule has 116 valence electrons. The van der Waals surface area contributed by atoms with E-state index in [9.17, 15) is 0 Å². The summed E-state index contributed by atoms with van der Waals surface area (Å²) in [5.41, 5.74) is 8.17. The van der Waals surface area contributed by atoms with Gasteiger partial charge in [-0.2, -0.15) is 4.98 Å². The number of likely N-dealkylation sites (tertiary alicyclic amines) is 1. The number of benzene rings is 1. The Kier molecular flexibility index (Phi) is 3.47. The normalized spacial score (nSPS) is 21.0. The summed E-state index contributed by atoms with van der Waals surface area (Å²) >= 11 is 0. The van der Waals surface area contributed by atoms with Gasteiger partial charge in [0.05, 0.1) is 5.54 Å². The Morgan fingerprint density at radius 1 is 1.09 bits per heavy atom. The number of nitrogens with two attached hydrogens (primary N) is 1. The highest BCUT2D eigenvalue weighted by atomic mass is 16.5. The molecule has 0 amide bonds. The second kappa shape index (κ2) is 5.48. The summed E-state index contributed by atoms with van der Waals surface area (Å²) in [6.45, 7) is 3.46. The molecule has 4 rings (SSSR count). The molecular weight excluding hydrogens is 276 g/mol. The molecule has 2 heterocycles. The molecule has 0 atom stereocenters. The van der Waals surface area contributed by atoms with E-state index in [1.54, 1.807) is 0 Å². The fourth-order valence-electron chi connectivity index (χ4n) is 3.28. The van der Waals surface area contributed by atoms with Crippen LogP contribution in [0.4, 0.5) is 0 Å². The third-order valence-corrected chi connectivity index (χ3v) is 4.92. The van der Waals surface area contributed by atoms with Crippen molar-refractivity contribution in [3.63, 3.8) is 0 Å². The molecule has 2 N–H and O–H groups in total. The average Bonchev–Trinajstić information content (AvgIpc) is 3.17. The summed E-state index contributed by atoms with van der Waals surface area (Å²) in [5, 5.41) is 4.07. The van der Waals surface area contributed by atoms with Gasteiger partial charge in [0.1, 0.15) is 0 Å². The average molecular weight is 298 g/mol. The molecule has 1 aromatic carbocycles. The lowest BCUT2D eigenvalue weighted by Crippen LogP contribution is -2.44. The first-order valence-corrected chi connectivity index (χ1v) is 8.18. The Morgan fingerprint density at radius 3 is 2.45 bits per heavy atom. The zero-order valence-corrected chi connectivity index (χ0v) is 12.8. The molecule has 0 bridgehead atoms. The van der Waals surface area contributed by atoms with E-state index >= 15 is 0 Å². The molecule has 2 fully saturated rings. The Hall–Kier alpha value is -1.72. The van der Waals surface area contributed by atoms with Gasteiger partial charge in [-0.15, -0.1) is 0 Å². The molecule has 0 unspecified atom stereocenters. The third kappa shape index (κ3) is 2.55. The lowest BCUT2D eigenvalue weighted by atomic mass is 9.77. The smallest absolute Gasteiger partial charge is 0.257 e. The van der Waals surface area contributed by atoms with E-state index in [2.05, 4.69) is 39.3 Å². The van der Waals surface area contributed by atoms with Crippen LogP contribution in [0.2, 0.25) is 0 Å². The fraction of sp³-hybridized carbons (Fsp3) is 0.529. The molecule has 2 aliphatic rings. The van der Waals surface area contributed by atoms with E-state index < -0.39 is 0 Å². The molecule has 2 aromatic rings. The van der Waals surface area contributed by atoms with Crippen molar-refractivity contribution < 1.29 is 4.52 Å². The van der Waals surface area contributed by atoms with Gasteiger partial charge in [0.25, 0.3) is 5.89 Å². The Morgan fingerprint density at radius 2 is 1.82 bits per heavy atom. The van der Waals surface area contributed by atoms with Crippen LogP contribution in [0.3, 0.4) is 0 Å². The summed E-state index contributed by atoms with van der Waals surface area (Å²) in [4.78, 5) is 6.99. The first-order chi connectivity index (χ1) is 10.7. The minimum atomic E-state index is -0.364. The molecule has 1 aliphatic carbocycles. The summed E-state index contributed by atoms with van der Waals surface area (Å²) < 4.78 is 5.39. The van der Waals surface area contributed by atoms with Gasteiger partial charge in [0.15, 0.2) is 5.82 Å². The van der Waals surface area contributed by atoms with Crippen LogP contribution in [-0.2, 0) is 12.1 Å². The van der Waals surface area contributed by atoms with E-state index in [0.717, 1.165) is 31.4 Å². The van der Waals surface area contributed by atoms with Crippen molar-refractivity contribution in [2.45, 2.75) is 44.2 Å². The molecular formula is C17H22N4O. The van der Waals surface area contributed by atoms with Crippen LogP contribution in [-0.4, -0.2) is 28.1 Å². The van der Waals surface area contributed by atoms with E-state index in [-0.39, 0.29) is 5.54 Å². The van der Waals surface area contributed by atoms with Crippen LogP contribution in [0.5, 0.6) is 0 Å². The van der Waals surface area contributed by atoms with Crippen molar-refractivity contribution >= 4 is 0 Å². The lowest BCUT2D eigenvalue weighted by molar-refractivity contribution is 0.229. The van der Waals surface area contributed by atoms with Crippen molar-refractivity contribution in [1.29, 1.82) is 0 Å². The van der Waals surface area contributed by atoms with Gasteiger partial charge in [0.2, 0.25) is 0 Å². The maximum atomic E-state index is 6.24. The van der Waals surface area contributed by atoms with E-state index in [1.165, 1.54) is 31.5 Å². The van der Waals surface area contributed by atoms with Gasteiger partial charge in [-0.1, -0.05) is 17.3 Å². The summed E-state index contributed by atoms with van der Waals surface area (Å²) in [6, 6.07) is 8.43. The molecule has 1 saturated carbocycles. The van der Waals surface area contributed by atoms with Gasteiger partial charge in [-0.25, -0.2) is 0 Å².